The minimum Gasteiger partial charge on any atom is -0.326 e. The lowest BCUT2D eigenvalue weighted by molar-refractivity contribution is 0.242. The molecule has 4 heteroatoms. The molecular formula is C16H19FN2S. The van der Waals surface area contributed by atoms with Crippen molar-refractivity contribution in [1.29, 1.82) is 0 Å². The van der Waals surface area contributed by atoms with Crippen LogP contribution in [0.15, 0.2) is 35.0 Å². The van der Waals surface area contributed by atoms with Crippen LogP contribution in [0.1, 0.15) is 29.5 Å². The second-order valence-electron chi connectivity index (χ2n) is 5.40. The van der Waals surface area contributed by atoms with Crippen molar-refractivity contribution >= 4 is 11.3 Å². The molecule has 0 bridgehead atoms. The van der Waals surface area contributed by atoms with E-state index in [2.05, 4.69) is 21.7 Å². The number of benzene rings is 1. The Morgan fingerprint density at radius 3 is 2.70 bits per heavy atom. The molecule has 2 N–H and O–H groups in total. The fourth-order valence-electron chi connectivity index (χ4n) is 2.47. The average Bonchev–Trinajstić information content (AvgIpc) is 3.18. The van der Waals surface area contributed by atoms with Crippen molar-refractivity contribution in [2.24, 2.45) is 5.73 Å². The average molecular weight is 290 g/mol. The summed E-state index contributed by atoms with van der Waals surface area (Å²) in [6.45, 7) is 2.03. The maximum absolute atomic E-state index is 14.0. The Balaban J connectivity index is 1.76. The predicted octanol–water partition coefficient (Wildman–Crippen LogP) is 3.51. The topological polar surface area (TPSA) is 29.3 Å². The van der Waals surface area contributed by atoms with Crippen LogP contribution in [0.3, 0.4) is 0 Å². The molecule has 1 aliphatic carbocycles. The van der Waals surface area contributed by atoms with E-state index >= 15 is 0 Å². The molecule has 1 aromatic heterocycles. The van der Waals surface area contributed by atoms with E-state index in [0.29, 0.717) is 19.1 Å². The van der Waals surface area contributed by atoms with E-state index in [1.807, 2.05) is 6.07 Å². The molecule has 1 aliphatic rings. The van der Waals surface area contributed by atoms with Crippen LogP contribution in [0.25, 0.3) is 0 Å². The predicted molar refractivity (Wildman–Crippen MR) is 80.9 cm³/mol. The van der Waals surface area contributed by atoms with Crippen molar-refractivity contribution in [3.05, 3.63) is 57.5 Å². The number of nitrogens with zero attached hydrogens (tertiary/aromatic N) is 1. The molecule has 2 nitrogen and oxygen atoms in total. The van der Waals surface area contributed by atoms with E-state index in [1.165, 1.54) is 24.5 Å². The molecule has 20 heavy (non-hydrogen) atoms. The molecule has 1 aromatic carbocycles. The fraction of sp³-hybridized carbons (Fsp3) is 0.375. The highest BCUT2D eigenvalue weighted by molar-refractivity contribution is 7.07. The summed E-state index contributed by atoms with van der Waals surface area (Å²) in [5, 5.41) is 4.26. The number of hydrogen-bond acceptors (Lipinski definition) is 3. The standard InChI is InChI=1S/C16H19FN2S/c17-16-4-1-12(8-18)7-14(16)10-19(15-2-3-15)9-13-5-6-20-11-13/h1,4-7,11,15H,2-3,8-10,18H2. The summed E-state index contributed by atoms with van der Waals surface area (Å²) in [5.74, 6) is -0.127. The molecule has 1 saturated carbocycles. The summed E-state index contributed by atoms with van der Waals surface area (Å²) in [6.07, 6.45) is 2.45. The molecule has 0 unspecified atom stereocenters. The van der Waals surface area contributed by atoms with Gasteiger partial charge in [-0.05, 0) is 46.9 Å². The zero-order chi connectivity index (χ0) is 13.9. The lowest BCUT2D eigenvalue weighted by atomic mass is 10.1. The molecule has 3 rings (SSSR count). The van der Waals surface area contributed by atoms with Gasteiger partial charge in [0.1, 0.15) is 5.82 Å². The Kier molecular flexibility index (Phi) is 4.15. The van der Waals surface area contributed by atoms with Gasteiger partial charge >= 0.3 is 0 Å². The quantitative estimate of drug-likeness (QED) is 0.882. The van der Waals surface area contributed by atoms with Gasteiger partial charge in [0.25, 0.3) is 0 Å². The third-order valence-corrected chi connectivity index (χ3v) is 4.48. The Labute approximate surface area is 123 Å². The van der Waals surface area contributed by atoms with Crippen LogP contribution in [0, 0.1) is 5.82 Å². The Morgan fingerprint density at radius 2 is 2.05 bits per heavy atom. The van der Waals surface area contributed by atoms with E-state index in [1.54, 1.807) is 17.4 Å². The molecule has 1 heterocycles. The number of hydrogen-bond donors (Lipinski definition) is 1. The van der Waals surface area contributed by atoms with Crippen LogP contribution >= 0.6 is 11.3 Å². The molecule has 0 spiro atoms. The Bertz CT molecular complexity index is 564. The van der Waals surface area contributed by atoms with Gasteiger partial charge in [0.15, 0.2) is 0 Å². The molecule has 0 aliphatic heterocycles. The van der Waals surface area contributed by atoms with Crippen molar-refractivity contribution in [2.45, 2.75) is 38.5 Å². The Hall–Kier alpha value is -1.23. The van der Waals surface area contributed by atoms with Gasteiger partial charge in [-0.3, -0.25) is 4.90 Å². The van der Waals surface area contributed by atoms with Crippen LogP contribution in [-0.4, -0.2) is 10.9 Å². The summed E-state index contributed by atoms with van der Waals surface area (Å²) >= 11 is 1.71. The van der Waals surface area contributed by atoms with Gasteiger partial charge in [-0.1, -0.05) is 12.1 Å². The van der Waals surface area contributed by atoms with Crippen LogP contribution in [-0.2, 0) is 19.6 Å². The lowest BCUT2D eigenvalue weighted by Gasteiger charge is -2.22. The van der Waals surface area contributed by atoms with Gasteiger partial charge < -0.3 is 5.73 Å². The maximum atomic E-state index is 14.0. The minimum atomic E-state index is -0.127. The van der Waals surface area contributed by atoms with E-state index in [9.17, 15) is 4.39 Å². The molecule has 106 valence electrons. The van der Waals surface area contributed by atoms with Crippen LogP contribution in [0.2, 0.25) is 0 Å². The van der Waals surface area contributed by atoms with Crippen molar-refractivity contribution in [1.82, 2.24) is 4.90 Å². The van der Waals surface area contributed by atoms with E-state index in [4.69, 9.17) is 5.73 Å². The molecule has 1 fully saturated rings. The van der Waals surface area contributed by atoms with Crippen LogP contribution in [0.5, 0.6) is 0 Å². The summed E-state index contributed by atoms with van der Waals surface area (Å²) in [5.41, 5.74) is 8.72. The molecule has 0 radical (unpaired) electrons. The molecular weight excluding hydrogens is 271 g/mol. The smallest absolute Gasteiger partial charge is 0.127 e. The first kappa shape index (κ1) is 13.7. The summed E-state index contributed by atoms with van der Waals surface area (Å²) in [7, 11) is 0. The summed E-state index contributed by atoms with van der Waals surface area (Å²) < 4.78 is 14.0. The number of thiophene rings is 1. The molecule has 0 saturated heterocycles. The van der Waals surface area contributed by atoms with Gasteiger partial charge in [-0.25, -0.2) is 4.39 Å². The van der Waals surface area contributed by atoms with Gasteiger partial charge in [-0.15, -0.1) is 0 Å². The SMILES string of the molecule is NCc1ccc(F)c(CN(Cc2ccsc2)C2CC2)c1. The highest BCUT2D eigenvalue weighted by atomic mass is 32.1. The minimum absolute atomic E-state index is 0.127. The lowest BCUT2D eigenvalue weighted by Crippen LogP contribution is -2.25. The second-order valence-corrected chi connectivity index (χ2v) is 6.18. The van der Waals surface area contributed by atoms with Crippen LogP contribution < -0.4 is 5.73 Å². The zero-order valence-electron chi connectivity index (χ0n) is 11.4. The summed E-state index contributed by atoms with van der Waals surface area (Å²) in [6, 6.07) is 7.95. The van der Waals surface area contributed by atoms with E-state index < -0.39 is 0 Å². The van der Waals surface area contributed by atoms with Gasteiger partial charge in [0.05, 0.1) is 0 Å². The van der Waals surface area contributed by atoms with Gasteiger partial charge in [0.2, 0.25) is 0 Å². The van der Waals surface area contributed by atoms with Crippen molar-refractivity contribution in [2.75, 3.05) is 0 Å². The molecule has 0 atom stereocenters. The number of halogens is 1. The monoisotopic (exact) mass is 290 g/mol. The first-order valence-electron chi connectivity index (χ1n) is 6.99. The van der Waals surface area contributed by atoms with Gasteiger partial charge in [-0.2, -0.15) is 11.3 Å². The highest BCUT2D eigenvalue weighted by Gasteiger charge is 2.29. The number of nitrogens with two attached hydrogens (primary N) is 1. The number of rotatable bonds is 6. The second kappa shape index (κ2) is 6.04. The van der Waals surface area contributed by atoms with Crippen LogP contribution in [0.4, 0.5) is 4.39 Å². The normalized spacial score (nSPS) is 14.9. The fourth-order valence-corrected chi connectivity index (χ4v) is 3.13. The zero-order valence-corrected chi connectivity index (χ0v) is 12.2. The van der Waals surface area contributed by atoms with E-state index in [-0.39, 0.29) is 5.82 Å². The first-order chi connectivity index (χ1) is 9.76. The molecule has 2 aromatic rings. The Morgan fingerprint density at radius 1 is 1.20 bits per heavy atom. The van der Waals surface area contributed by atoms with E-state index in [0.717, 1.165) is 17.7 Å². The van der Waals surface area contributed by atoms with Crippen molar-refractivity contribution in [3.63, 3.8) is 0 Å². The largest absolute Gasteiger partial charge is 0.326 e. The van der Waals surface area contributed by atoms with Crippen molar-refractivity contribution in [3.8, 4) is 0 Å². The highest BCUT2D eigenvalue weighted by Crippen LogP contribution is 2.30. The third kappa shape index (κ3) is 3.26. The maximum Gasteiger partial charge on any atom is 0.127 e. The van der Waals surface area contributed by atoms with Crippen molar-refractivity contribution < 1.29 is 4.39 Å². The summed E-state index contributed by atoms with van der Waals surface area (Å²) in [4.78, 5) is 2.38. The van der Waals surface area contributed by atoms with Gasteiger partial charge in [0, 0.05) is 31.2 Å². The third-order valence-electron chi connectivity index (χ3n) is 3.75. The first-order valence-corrected chi connectivity index (χ1v) is 7.93. The molecule has 0 amide bonds.